The molecular weight excluding hydrogens is 374 g/mol. The molecule has 2 aliphatic rings. The molecule has 146 valence electrons. The fraction of sp³-hybridized carbons (Fsp3) is 0.474. The minimum atomic E-state index is -0.628. The maximum absolute atomic E-state index is 12.3. The Morgan fingerprint density at radius 2 is 1.81 bits per heavy atom. The van der Waals surface area contributed by atoms with E-state index in [2.05, 4.69) is 24.7 Å². The number of hydrogen-bond donors (Lipinski definition) is 0. The van der Waals surface area contributed by atoms with E-state index in [4.69, 9.17) is 11.6 Å². The molecule has 1 aromatic heterocycles. The summed E-state index contributed by atoms with van der Waals surface area (Å²) in [6.07, 6.45) is 4.04. The van der Waals surface area contributed by atoms with Gasteiger partial charge in [0.15, 0.2) is 11.0 Å². The molecule has 0 bridgehead atoms. The molecule has 1 unspecified atom stereocenters. The van der Waals surface area contributed by atoms with E-state index < -0.39 is 11.6 Å². The molecule has 1 aromatic carbocycles. The van der Waals surface area contributed by atoms with Crippen molar-refractivity contribution >= 4 is 17.4 Å². The van der Waals surface area contributed by atoms with Gasteiger partial charge in [0.05, 0.1) is 7.11 Å². The van der Waals surface area contributed by atoms with E-state index in [-0.39, 0.29) is 5.75 Å². The molecule has 0 amide bonds. The number of methoxy groups -OCH3 is 1. The van der Waals surface area contributed by atoms with Crippen LogP contribution in [0.1, 0.15) is 19.3 Å². The number of nitrogens with zero attached hydrogens (tertiary/aromatic N) is 4. The van der Waals surface area contributed by atoms with Crippen LogP contribution in [0.15, 0.2) is 30.3 Å². The van der Waals surface area contributed by atoms with Gasteiger partial charge in [-0.25, -0.2) is 8.78 Å². The number of rotatable bonds is 2. The minimum Gasteiger partial charge on any atom is -0.497 e. The average molecular weight is 397 g/mol. The third-order valence-electron chi connectivity index (χ3n) is 4.85. The molecule has 1 atom stereocenters. The highest BCUT2D eigenvalue weighted by Crippen LogP contribution is 2.23. The van der Waals surface area contributed by atoms with Gasteiger partial charge in [-0.1, -0.05) is 18.0 Å². The molecule has 3 heterocycles. The lowest BCUT2D eigenvalue weighted by atomic mass is 9.99. The van der Waals surface area contributed by atoms with Crippen molar-refractivity contribution in [3.05, 3.63) is 47.1 Å². The Labute approximate surface area is 162 Å². The smallest absolute Gasteiger partial charge is 0.151 e. The normalized spacial score (nSPS) is 19.7. The quantitative estimate of drug-likeness (QED) is 0.772. The molecule has 5 nitrogen and oxygen atoms in total. The van der Waals surface area contributed by atoms with E-state index in [9.17, 15) is 8.78 Å². The summed E-state index contributed by atoms with van der Waals surface area (Å²) in [6, 6.07) is 7.51. The lowest BCUT2D eigenvalue weighted by molar-refractivity contribution is 0.133. The van der Waals surface area contributed by atoms with Crippen LogP contribution in [0.2, 0.25) is 5.15 Å². The van der Waals surface area contributed by atoms with Gasteiger partial charge in [0.2, 0.25) is 0 Å². The number of piperidine rings is 1. The van der Waals surface area contributed by atoms with E-state index in [1.165, 1.54) is 32.9 Å². The topological polar surface area (TPSA) is 41.5 Å². The zero-order chi connectivity index (χ0) is 19.2. The first kappa shape index (κ1) is 19.8. The van der Waals surface area contributed by atoms with Crippen LogP contribution in [0, 0.1) is 11.6 Å². The van der Waals surface area contributed by atoms with Crippen LogP contribution in [0.25, 0.3) is 0 Å². The molecule has 0 saturated carbocycles. The van der Waals surface area contributed by atoms with Crippen molar-refractivity contribution in [3.8, 4) is 5.75 Å². The Morgan fingerprint density at radius 1 is 1.04 bits per heavy atom. The first-order chi connectivity index (χ1) is 13.0. The van der Waals surface area contributed by atoms with Crippen LogP contribution in [0.4, 0.5) is 14.6 Å². The number of hydrogen-bond acceptors (Lipinski definition) is 5. The second-order valence-corrected chi connectivity index (χ2v) is 7.04. The van der Waals surface area contributed by atoms with Gasteiger partial charge in [-0.3, -0.25) is 4.90 Å². The summed E-state index contributed by atoms with van der Waals surface area (Å²) in [6.45, 7) is 4.54. The summed E-state index contributed by atoms with van der Waals surface area (Å²) < 4.78 is 29.2. The summed E-state index contributed by atoms with van der Waals surface area (Å²) in [5.41, 5.74) is 0. The molecule has 27 heavy (non-hydrogen) atoms. The van der Waals surface area contributed by atoms with E-state index in [1.54, 1.807) is 0 Å². The van der Waals surface area contributed by atoms with E-state index in [0.717, 1.165) is 43.7 Å². The third kappa shape index (κ3) is 5.49. The van der Waals surface area contributed by atoms with Crippen LogP contribution in [0.3, 0.4) is 0 Å². The van der Waals surface area contributed by atoms with E-state index >= 15 is 0 Å². The summed E-state index contributed by atoms with van der Waals surface area (Å²) >= 11 is 5.76. The van der Waals surface area contributed by atoms with Gasteiger partial charge >= 0.3 is 0 Å². The molecule has 8 heteroatoms. The fourth-order valence-electron chi connectivity index (χ4n) is 3.49. The third-order valence-corrected chi connectivity index (χ3v) is 5.05. The number of fused-ring (bicyclic) bond motifs is 1. The van der Waals surface area contributed by atoms with Gasteiger partial charge in [-0.05, 0) is 31.5 Å². The second kappa shape index (κ2) is 9.28. The van der Waals surface area contributed by atoms with Gasteiger partial charge in [-0.2, -0.15) is 0 Å². The highest BCUT2D eigenvalue weighted by molar-refractivity contribution is 6.29. The van der Waals surface area contributed by atoms with Crippen molar-refractivity contribution in [2.75, 3.05) is 38.2 Å². The Bertz CT molecular complexity index is 727. The maximum atomic E-state index is 12.3. The van der Waals surface area contributed by atoms with Gasteiger partial charge < -0.3 is 9.64 Å². The molecule has 0 aliphatic carbocycles. The number of aromatic nitrogens is 2. The summed E-state index contributed by atoms with van der Waals surface area (Å²) in [5, 5.41) is 8.55. The SMILES string of the molecule is COc1cc(F)cc(F)c1.Clc1ccc(N2CCN3CCCCC3C2)nn1. The van der Waals surface area contributed by atoms with Crippen molar-refractivity contribution in [1.29, 1.82) is 0 Å². The maximum Gasteiger partial charge on any atom is 0.151 e. The molecule has 2 aromatic rings. The molecular formula is C19H23ClF2N4O. The molecule has 0 spiro atoms. The van der Waals surface area contributed by atoms with Crippen LogP contribution in [0.5, 0.6) is 5.75 Å². The van der Waals surface area contributed by atoms with Crippen molar-refractivity contribution in [2.24, 2.45) is 0 Å². The molecule has 2 saturated heterocycles. The van der Waals surface area contributed by atoms with Crippen molar-refractivity contribution < 1.29 is 13.5 Å². The highest BCUT2D eigenvalue weighted by atomic mass is 35.5. The highest BCUT2D eigenvalue weighted by Gasteiger charge is 2.29. The van der Waals surface area contributed by atoms with Gasteiger partial charge in [-0.15, -0.1) is 10.2 Å². The minimum absolute atomic E-state index is 0.192. The summed E-state index contributed by atoms with van der Waals surface area (Å²) in [7, 11) is 1.36. The predicted molar refractivity (Wildman–Crippen MR) is 101 cm³/mol. The number of ether oxygens (including phenoxy) is 1. The van der Waals surface area contributed by atoms with Gasteiger partial charge in [0, 0.05) is 43.9 Å². The van der Waals surface area contributed by atoms with Crippen LogP contribution >= 0.6 is 11.6 Å². The molecule has 0 radical (unpaired) electrons. The lowest BCUT2D eigenvalue weighted by Crippen LogP contribution is -2.55. The number of benzene rings is 1. The van der Waals surface area contributed by atoms with E-state index in [0.29, 0.717) is 11.2 Å². The van der Waals surface area contributed by atoms with Crippen LogP contribution in [-0.2, 0) is 0 Å². The Hall–Kier alpha value is -1.99. The monoisotopic (exact) mass is 396 g/mol. The van der Waals surface area contributed by atoms with Crippen molar-refractivity contribution in [3.63, 3.8) is 0 Å². The summed E-state index contributed by atoms with van der Waals surface area (Å²) in [5.74, 6) is -0.106. The largest absolute Gasteiger partial charge is 0.497 e. The summed E-state index contributed by atoms with van der Waals surface area (Å²) in [4.78, 5) is 4.94. The van der Waals surface area contributed by atoms with Gasteiger partial charge in [0.1, 0.15) is 17.4 Å². The van der Waals surface area contributed by atoms with Crippen LogP contribution < -0.4 is 9.64 Å². The average Bonchev–Trinajstić information content (AvgIpc) is 2.68. The Balaban J connectivity index is 0.000000180. The molecule has 4 rings (SSSR count). The Morgan fingerprint density at radius 3 is 2.48 bits per heavy atom. The molecule has 2 aliphatic heterocycles. The first-order valence-corrected chi connectivity index (χ1v) is 9.41. The Kier molecular flexibility index (Phi) is 6.79. The van der Waals surface area contributed by atoms with Crippen molar-refractivity contribution in [2.45, 2.75) is 25.3 Å². The number of piperazine rings is 1. The molecule has 2 fully saturated rings. The lowest BCUT2D eigenvalue weighted by Gasteiger charge is -2.44. The van der Waals surface area contributed by atoms with E-state index in [1.807, 2.05) is 12.1 Å². The van der Waals surface area contributed by atoms with Crippen molar-refractivity contribution in [1.82, 2.24) is 15.1 Å². The fourth-order valence-corrected chi connectivity index (χ4v) is 3.59. The zero-order valence-corrected chi connectivity index (χ0v) is 16.0. The predicted octanol–water partition coefficient (Wildman–Crippen LogP) is 3.78. The standard InChI is InChI=1S/C12H17ClN4.C7H6F2O/c13-11-4-5-12(15-14-11)17-8-7-16-6-2-1-3-10(16)9-17;1-10-7-3-5(8)2-6(9)4-7/h4-5,10H,1-3,6-9H2;2-4H,1H3. The number of halogens is 3. The number of anilines is 1. The second-order valence-electron chi connectivity index (χ2n) is 6.66. The van der Waals surface area contributed by atoms with Gasteiger partial charge in [0.25, 0.3) is 0 Å². The van der Waals surface area contributed by atoms with Crippen LogP contribution in [-0.4, -0.2) is 54.4 Å². The molecule has 0 N–H and O–H groups in total. The first-order valence-electron chi connectivity index (χ1n) is 9.03. The zero-order valence-electron chi connectivity index (χ0n) is 15.2.